The van der Waals surface area contributed by atoms with Crippen molar-refractivity contribution in [1.82, 2.24) is 0 Å². The molecule has 1 N–H and O–H groups in total. The normalized spacial score (nSPS) is 12.1. The van der Waals surface area contributed by atoms with Crippen LogP contribution in [0.4, 0.5) is 11.4 Å². The maximum atomic E-state index is 10.8. The number of benzene rings is 3. The van der Waals surface area contributed by atoms with Gasteiger partial charge in [-0.2, -0.15) is 0 Å². The van der Waals surface area contributed by atoms with E-state index in [4.69, 9.17) is 16.6 Å². The van der Waals surface area contributed by atoms with Crippen LogP contribution < -0.4 is 5.32 Å². The summed E-state index contributed by atoms with van der Waals surface area (Å²) in [6.07, 6.45) is 1.76. The smallest absolute Gasteiger partial charge is 0.271 e. The van der Waals surface area contributed by atoms with E-state index in [9.17, 15) is 10.1 Å². The molecular formula is C23H20ClN3O2. The summed E-state index contributed by atoms with van der Waals surface area (Å²) in [7, 11) is 0. The molecule has 1 aliphatic rings. The van der Waals surface area contributed by atoms with Crippen molar-refractivity contribution in [2.45, 2.75) is 12.8 Å². The first-order chi connectivity index (χ1) is 14.1. The third kappa shape index (κ3) is 4.15. The van der Waals surface area contributed by atoms with Gasteiger partial charge in [0, 0.05) is 36.3 Å². The number of hydrogen-bond donors (Lipinski definition) is 1. The van der Waals surface area contributed by atoms with Crippen molar-refractivity contribution in [3.8, 4) is 0 Å². The zero-order valence-electron chi connectivity index (χ0n) is 15.8. The molecule has 146 valence electrons. The van der Waals surface area contributed by atoms with Crippen molar-refractivity contribution >= 4 is 28.7 Å². The first-order valence-corrected chi connectivity index (χ1v) is 9.90. The molecule has 4 rings (SSSR count). The topological polar surface area (TPSA) is 67.5 Å². The molecule has 0 spiro atoms. The number of nitro benzene ring substituents is 1. The van der Waals surface area contributed by atoms with Crippen LogP contribution in [0.2, 0.25) is 5.02 Å². The maximum Gasteiger partial charge on any atom is 0.271 e. The Morgan fingerprint density at radius 1 is 1.00 bits per heavy atom. The molecule has 0 saturated heterocycles. The standard InChI is InChI=1S/C23H20ClN3O2/c24-21-15-18(27(28)29)10-11-22(21)25-12-5-13-26-23-19-8-3-1-6-16(19)14-17-7-2-4-9-20(17)23/h1-4,6-11,15,25H,5,12-14H2. The Hall–Kier alpha value is -3.18. The molecule has 3 aromatic rings. The lowest BCUT2D eigenvalue weighted by molar-refractivity contribution is -0.384. The first kappa shape index (κ1) is 19.2. The van der Waals surface area contributed by atoms with Gasteiger partial charge in [-0.1, -0.05) is 60.1 Å². The highest BCUT2D eigenvalue weighted by atomic mass is 35.5. The van der Waals surface area contributed by atoms with Gasteiger partial charge in [0.25, 0.3) is 5.69 Å². The third-order valence-electron chi connectivity index (χ3n) is 5.01. The van der Waals surface area contributed by atoms with Gasteiger partial charge in [-0.05, 0) is 30.0 Å². The summed E-state index contributed by atoms with van der Waals surface area (Å²) in [5.74, 6) is 0. The average Bonchev–Trinajstić information content (AvgIpc) is 2.73. The van der Waals surface area contributed by atoms with Crippen molar-refractivity contribution in [2.24, 2.45) is 4.99 Å². The summed E-state index contributed by atoms with van der Waals surface area (Å²) in [5.41, 5.74) is 6.76. The maximum absolute atomic E-state index is 10.8. The van der Waals surface area contributed by atoms with Crippen molar-refractivity contribution < 1.29 is 4.92 Å². The van der Waals surface area contributed by atoms with Gasteiger partial charge in [0.15, 0.2) is 0 Å². The summed E-state index contributed by atoms with van der Waals surface area (Å²) in [6.45, 7) is 1.35. The second kappa shape index (κ2) is 8.45. The van der Waals surface area contributed by atoms with E-state index in [2.05, 4.69) is 53.8 Å². The zero-order valence-corrected chi connectivity index (χ0v) is 16.5. The first-order valence-electron chi connectivity index (χ1n) is 9.52. The van der Waals surface area contributed by atoms with Crippen LogP contribution in [0, 0.1) is 10.1 Å². The number of hydrogen-bond acceptors (Lipinski definition) is 4. The minimum atomic E-state index is -0.453. The van der Waals surface area contributed by atoms with E-state index in [1.165, 1.54) is 34.4 Å². The van der Waals surface area contributed by atoms with Crippen LogP contribution in [0.25, 0.3) is 0 Å². The van der Waals surface area contributed by atoms with E-state index in [1.807, 2.05) is 0 Å². The number of fused-ring (bicyclic) bond motifs is 2. The Balaban J connectivity index is 1.43. The SMILES string of the molecule is O=[N+]([O-])c1ccc(NCCCN=C2c3ccccc3Cc3ccccc32)c(Cl)c1. The molecule has 0 aliphatic heterocycles. The van der Waals surface area contributed by atoms with Crippen molar-refractivity contribution in [1.29, 1.82) is 0 Å². The van der Waals surface area contributed by atoms with E-state index in [0.717, 1.165) is 18.6 Å². The monoisotopic (exact) mass is 405 g/mol. The van der Waals surface area contributed by atoms with Gasteiger partial charge < -0.3 is 5.32 Å². The molecule has 0 bridgehead atoms. The summed E-state index contributed by atoms with van der Waals surface area (Å²) in [5, 5.41) is 14.4. The Kier molecular flexibility index (Phi) is 5.58. The third-order valence-corrected chi connectivity index (χ3v) is 5.32. The quantitative estimate of drug-likeness (QED) is 0.262. The molecule has 0 radical (unpaired) electrons. The van der Waals surface area contributed by atoms with Gasteiger partial charge in [-0.3, -0.25) is 15.1 Å². The average molecular weight is 406 g/mol. The number of nitro groups is 1. The number of anilines is 1. The number of rotatable bonds is 6. The van der Waals surface area contributed by atoms with Crippen LogP contribution >= 0.6 is 11.6 Å². The van der Waals surface area contributed by atoms with Crippen LogP contribution in [0.1, 0.15) is 28.7 Å². The Morgan fingerprint density at radius 2 is 1.66 bits per heavy atom. The molecule has 0 saturated carbocycles. The molecule has 0 fully saturated rings. The number of halogens is 1. The summed E-state index contributed by atoms with van der Waals surface area (Å²) >= 11 is 6.13. The Morgan fingerprint density at radius 3 is 2.28 bits per heavy atom. The Labute approximate surface area is 174 Å². The summed E-state index contributed by atoms with van der Waals surface area (Å²) in [6, 6.07) is 21.3. The van der Waals surface area contributed by atoms with Crippen LogP contribution in [0.15, 0.2) is 71.7 Å². The van der Waals surface area contributed by atoms with Crippen LogP contribution in [0.5, 0.6) is 0 Å². The minimum Gasteiger partial charge on any atom is -0.384 e. The molecule has 0 heterocycles. The highest BCUT2D eigenvalue weighted by Gasteiger charge is 2.20. The fourth-order valence-corrected chi connectivity index (χ4v) is 3.83. The number of non-ortho nitro benzene ring substituents is 1. The summed E-state index contributed by atoms with van der Waals surface area (Å²) in [4.78, 5) is 15.3. The molecular weight excluding hydrogens is 386 g/mol. The fourth-order valence-electron chi connectivity index (χ4n) is 3.59. The van der Waals surface area contributed by atoms with Crippen molar-refractivity contribution in [3.63, 3.8) is 0 Å². The number of nitrogens with zero attached hydrogens (tertiary/aromatic N) is 2. The Bertz CT molecular complexity index is 1050. The molecule has 6 heteroatoms. The van der Waals surface area contributed by atoms with Gasteiger partial charge in [-0.15, -0.1) is 0 Å². The van der Waals surface area contributed by atoms with E-state index in [0.29, 0.717) is 23.8 Å². The molecule has 0 atom stereocenters. The van der Waals surface area contributed by atoms with Crippen molar-refractivity contribution in [2.75, 3.05) is 18.4 Å². The van der Waals surface area contributed by atoms with E-state index in [1.54, 1.807) is 6.07 Å². The highest BCUT2D eigenvalue weighted by molar-refractivity contribution is 6.33. The van der Waals surface area contributed by atoms with Crippen molar-refractivity contribution in [3.05, 3.63) is 104 Å². The van der Waals surface area contributed by atoms with Crippen LogP contribution in [0.3, 0.4) is 0 Å². The second-order valence-corrected chi connectivity index (χ2v) is 7.33. The largest absolute Gasteiger partial charge is 0.384 e. The zero-order chi connectivity index (χ0) is 20.2. The molecule has 1 aliphatic carbocycles. The van der Waals surface area contributed by atoms with Crippen LogP contribution in [-0.2, 0) is 6.42 Å². The van der Waals surface area contributed by atoms with E-state index in [-0.39, 0.29) is 5.69 Å². The number of aliphatic imine (C=N–C) groups is 1. The van der Waals surface area contributed by atoms with Gasteiger partial charge in [0.2, 0.25) is 0 Å². The van der Waals surface area contributed by atoms with Crippen LogP contribution in [-0.4, -0.2) is 23.7 Å². The second-order valence-electron chi connectivity index (χ2n) is 6.92. The molecule has 5 nitrogen and oxygen atoms in total. The predicted octanol–water partition coefficient (Wildman–Crippen LogP) is 5.49. The van der Waals surface area contributed by atoms with Gasteiger partial charge in [-0.25, -0.2) is 0 Å². The highest BCUT2D eigenvalue weighted by Crippen LogP contribution is 2.28. The number of nitrogens with one attached hydrogen (secondary N) is 1. The van der Waals surface area contributed by atoms with E-state index < -0.39 is 4.92 Å². The lowest BCUT2D eigenvalue weighted by atomic mass is 9.84. The minimum absolute atomic E-state index is 0.0124. The molecule has 0 amide bonds. The van der Waals surface area contributed by atoms with E-state index >= 15 is 0 Å². The van der Waals surface area contributed by atoms with Gasteiger partial charge in [0.1, 0.15) is 0 Å². The predicted molar refractivity (Wildman–Crippen MR) is 117 cm³/mol. The molecule has 3 aromatic carbocycles. The fraction of sp³-hybridized carbons (Fsp3) is 0.174. The summed E-state index contributed by atoms with van der Waals surface area (Å²) < 4.78 is 0. The van der Waals surface area contributed by atoms with Gasteiger partial charge in [0.05, 0.1) is 21.3 Å². The lowest BCUT2D eigenvalue weighted by Crippen LogP contribution is -2.16. The van der Waals surface area contributed by atoms with Gasteiger partial charge >= 0.3 is 0 Å². The lowest BCUT2D eigenvalue weighted by Gasteiger charge is -2.21. The molecule has 0 unspecified atom stereocenters. The molecule has 29 heavy (non-hydrogen) atoms. The molecule has 0 aromatic heterocycles.